The number of carbonyl (C=O) groups excluding carboxylic acids is 2. The third-order valence-electron chi connectivity index (χ3n) is 5.83. The third-order valence-corrected chi connectivity index (χ3v) is 7.63. The highest BCUT2D eigenvalue weighted by molar-refractivity contribution is 7.81. The number of nitrogens with zero attached hydrogens (tertiary/aromatic N) is 1. The minimum absolute atomic E-state index is 0.0651. The lowest BCUT2D eigenvalue weighted by molar-refractivity contribution is -0.255. The summed E-state index contributed by atoms with van der Waals surface area (Å²) in [6.45, 7) is -1.52. The summed E-state index contributed by atoms with van der Waals surface area (Å²) < 4.78 is 159. The average molecular weight is 747 g/mol. The van der Waals surface area contributed by atoms with Crippen LogP contribution in [0.2, 0.25) is 0 Å². The zero-order valence-corrected chi connectivity index (χ0v) is 26.4. The Kier molecular flexibility index (Phi) is 12.5. The molecule has 0 aromatic heterocycles. The van der Waals surface area contributed by atoms with E-state index >= 15 is 0 Å². The first-order valence-corrected chi connectivity index (χ1v) is 17.8. The van der Waals surface area contributed by atoms with E-state index in [2.05, 4.69) is 22.0 Å². The van der Waals surface area contributed by atoms with E-state index in [0.717, 1.165) is 0 Å². The fourth-order valence-electron chi connectivity index (χ4n) is 4.15. The molecule has 3 rings (SSSR count). The van der Waals surface area contributed by atoms with Gasteiger partial charge in [-0.05, 0) is 11.1 Å². The fourth-order valence-corrected chi connectivity index (χ4v) is 5.98. The first kappa shape index (κ1) is 38.3. The quantitative estimate of drug-likeness (QED) is 0.141. The minimum Gasteiger partial charge on any atom is -0.726 e. The summed E-state index contributed by atoms with van der Waals surface area (Å²) in [5.41, 5.74) is 0.897. The zero-order valence-electron chi connectivity index (χ0n) is 23.1. The van der Waals surface area contributed by atoms with E-state index in [1.807, 2.05) is 0 Å². The van der Waals surface area contributed by atoms with E-state index in [1.54, 1.807) is 36.4 Å². The number of benzene rings is 2. The van der Waals surface area contributed by atoms with Crippen LogP contribution in [0.25, 0.3) is 0 Å². The monoisotopic (exact) mass is 746 g/mol. The Morgan fingerprint density at radius 2 is 1.11 bits per heavy atom. The summed E-state index contributed by atoms with van der Waals surface area (Å²) in [6, 6.07) is 15.7. The summed E-state index contributed by atoms with van der Waals surface area (Å²) in [5, 5.41) is 2.47. The molecule has 0 saturated carbocycles. The summed E-state index contributed by atoms with van der Waals surface area (Å²) >= 11 is 0. The second-order valence-corrected chi connectivity index (χ2v) is 13.3. The molecule has 25 heteroatoms. The van der Waals surface area contributed by atoms with Crippen LogP contribution in [0.5, 0.6) is 0 Å². The average Bonchev–Trinajstić information content (AvgIpc) is 2.92. The molecule has 0 spiro atoms. The highest BCUT2D eigenvalue weighted by Crippen LogP contribution is 2.33. The van der Waals surface area contributed by atoms with E-state index < -0.39 is 97.2 Å². The summed E-state index contributed by atoms with van der Waals surface area (Å²) in [6.07, 6.45) is -15.5. The second kappa shape index (κ2) is 15.4. The third kappa shape index (κ3) is 13.1. The van der Waals surface area contributed by atoms with E-state index in [1.165, 1.54) is 24.3 Å². The Hall–Kier alpha value is -3.18. The van der Waals surface area contributed by atoms with Gasteiger partial charge in [0.15, 0.2) is 12.2 Å². The van der Waals surface area contributed by atoms with Crippen molar-refractivity contribution in [3.05, 3.63) is 71.8 Å². The predicted octanol–water partition coefficient (Wildman–Crippen LogP) is -2.93. The molecule has 47 heavy (non-hydrogen) atoms. The van der Waals surface area contributed by atoms with Gasteiger partial charge in [0.2, 0.25) is 53.8 Å². The van der Waals surface area contributed by atoms with Crippen LogP contribution in [0.3, 0.4) is 0 Å². The number of rotatable bonds is 15. The van der Waals surface area contributed by atoms with Gasteiger partial charge in [0.05, 0.1) is 6.54 Å². The second-order valence-electron chi connectivity index (χ2n) is 9.28. The van der Waals surface area contributed by atoms with Crippen molar-refractivity contribution in [3.8, 4) is 0 Å². The van der Waals surface area contributed by atoms with Gasteiger partial charge >= 0.3 is 0 Å². The molecule has 0 aliphatic carbocycles. The van der Waals surface area contributed by atoms with Crippen molar-refractivity contribution in [3.63, 3.8) is 0 Å². The molecule has 0 radical (unpaired) electrons. The van der Waals surface area contributed by atoms with Gasteiger partial charge in [0.25, 0.3) is 5.91 Å². The van der Waals surface area contributed by atoms with Crippen LogP contribution >= 0.6 is 0 Å². The van der Waals surface area contributed by atoms with Gasteiger partial charge in [0.1, 0.15) is 12.2 Å². The molecule has 1 heterocycles. The standard InChI is InChI=1S/C22H26N2O19S4/c25-16(23-11-14-7-3-1-4-8-14)13-24(12-15-9-5-2-6-10-15)21(26)19-17(40-44(27,28)29)18(41-45(30,31)32)20(42-46(33,34)35)22(39-19)43-47(36,37)38/h1-10,17-20,22H,11-13H2,(H,23,25)(H,27,28,29)(H,30,31,32)(H,33,34,35)(H,36,37,38)/p-4. The molecule has 1 aliphatic heterocycles. The summed E-state index contributed by atoms with van der Waals surface area (Å²) in [7, 11) is -24.4. The molecule has 1 saturated heterocycles. The molecule has 2 amide bonds. The number of nitrogens with one attached hydrogen (secondary N) is 1. The highest BCUT2D eigenvalue weighted by atomic mass is 32.3. The van der Waals surface area contributed by atoms with Crippen molar-refractivity contribution in [2.45, 2.75) is 43.8 Å². The molecule has 1 N–H and O–H groups in total. The molecule has 0 bridgehead atoms. The van der Waals surface area contributed by atoms with Crippen molar-refractivity contribution < 1.29 is 82.9 Å². The largest absolute Gasteiger partial charge is 0.726 e. The molecule has 1 fully saturated rings. The lowest BCUT2D eigenvalue weighted by atomic mass is 9.97. The van der Waals surface area contributed by atoms with Crippen molar-refractivity contribution in [2.24, 2.45) is 0 Å². The van der Waals surface area contributed by atoms with Gasteiger partial charge in [-0.2, -0.15) is 0 Å². The molecule has 5 unspecified atom stereocenters. The molecule has 2 aromatic rings. The fraction of sp³-hybridized carbons (Fsp3) is 0.364. The molecule has 2 aromatic carbocycles. The molecular weight excluding hydrogens is 725 g/mol. The van der Waals surface area contributed by atoms with Crippen molar-refractivity contribution >= 4 is 53.4 Å². The number of amides is 2. The normalized spacial score (nSPS) is 22.3. The molecule has 5 atom stereocenters. The Morgan fingerprint density at radius 1 is 0.660 bits per heavy atom. The SMILES string of the molecule is O=C(CN(Cc1ccccc1)C(=O)C1OC(OS(=O)(=O)[O-])C(OS(=O)(=O)[O-])C(OS(=O)(=O)[O-])C1OS(=O)(=O)[O-])NCc1ccccc1. The first-order chi connectivity index (χ1) is 21.6. The van der Waals surface area contributed by atoms with Crippen molar-refractivity contribution in [1.29, 1.82) is 0 Å². The van der Waals surface area contributed by atoms with E-state index in [-0.39, 0.29) is 12.1 Å². The zero-order chi connectivity index (χ0) is 35.2. The van der Waals surface area contributed by atoms with Gasteiger partial charge in [-0.1, -0.05) is 60.7 Å². The van der Waals surface area contributed by atoms with Gasteiger partial charge in [0, 0.05) is 13.1 Å². The maximum absolute atomic E-state index is 13.9. The maximum atomic E-state index is 13.9. The van der Waals surface area contributed by atoms with E-state index in [4.69, 9.17) is 4.74 Å². The Morgan fingerprint density at radius 3 is 1.60 bits per heavy atom. The Bertz CT molecular complexity index is 1840. The maximum Gasteiger partial charge on any atom is 0.255 e. The summed E-state index contributed by atoms with van der Waals surface area (Å²) in [5.74, 6) is -2.51. The summed E-state index contributed by atoms with van der Waals surface area (Å²) in [4.78, 5) is 27.4. The highest BCUT2D eigenvalue weighted by Gasteiger charge is 2.55. The van der Waals surface area contributed by atoms with Crippen LogP contribution in [0.15, 0.2) is 60.7 Å². The number of hydrogen-bond acceptors (Lipinski definition) is 19. The number of hydrogen-bond donors (Lipinski definition) is 1. The van der Waals surface area contributed by atoms with E-state index in [0.29, 0.717) is 10.5 Å². The first-order valence-electron chi connectivity index (χ1n) is 12.5. The van der Waals surface area contributed by atoms with Crippen molar-refractivity contribution in [1.82, 2.24) is 10.2 Å². The van der Waals surface area contributed by atoms with Crippen LogP contribution in [-0.4, -0.2) is 106 Å². The van der Waals surface area contributed by atoms with Crippen LogP contribution in [0.4, 0.5) is 0 Å². The van der Waals surface area contributed by atoms with Gasteiger partial charge in [-0.25, -0.2) is 37.9 Å². The minimum atomic E-state index is -6.17. The predicted molar refractivity (Wildman–Crippen MR) is 143 cm³/mol. The van der Waals surface area contributed by atoms with Crippen molar-refractivity contribution in [2.75, 3.05) is 6.54 Å². The lowest BCUT2D eigenvalue weighted by Gasteiger charge is -2.45. The number of carbonyl (C=O) groups is 2. The van der Waals surface area contributed by atoms with Gasteiger partial charge < -0.3 is 33.2 Å². The Labute approximate surface area is 268 Å². The van der Waals surface area contributed by atoms with Gasteiger partial charge in [-0.15, -0.1) is 0 Å². The Balaban J connectivity index is 2.11. The van der Waals surface area contributed by atoms with Crippen LogP contribution < -0.4 is 5.32 Å². The topological polar surface area (TPSA) is 324 Å². The van der Waals surface area contributed by atoms with Crippen LogP contribution in [0, 0.1) is 0 Å². The van der Waals surface area contributed by atoms with E-state index in [9.17, 15) is 61.5 Å². The molecule has 262 valence electrons. The lowest BCUT2D eigenvalue weighted by Crippen LogP contribution is -2.65. The number of ether oxygens (including phenoxy) is 1. The molecular formula is C22H22N2O19S4-4. The van der Waals surface area contributed by atoms with Crippen LogP contribution in [-0.2, 0) is 85.7 Å². The molecule has 1 aliphatic rings. The van der Waals surface area contributed by atoms with Crippen LogP contribution in [0.1, 0.15) is 11.1 Å². The molecule has 21 nitrogen and oxygen atoms in total. The smallest absolute Gasteiger partial charge is 0.255 e. The van der Waals surface area contributed by atoms with Gasteiger partial charge in [-0.3, -0.25) is 22.1 Å².